The second kappa shape index (κ2) is 6.04. The molecule has 104 valence electrons. The van der Waals surface area contributed by atoms with Crippen molar-refractivity contribution in [2.75, 3.05) is 18.4 Å². The third-order valence-electron chi connectivity index (χ3n) is 3.61. The van der Waals surface area contributed by atoms with Crippen LogP contribution in [-0.2, 0) is 6.54 Å². The van der Waals surface area contributed by atoms with E-state index in [0.717, 1.165) is 17.7 Å². The summed E-state index contributed by atoms with van der Waals surface area (Å²) in [5.41, 5.74) is 7.32. The maximum atomic E-state index is 12.1. The summed E-state index contributed by atoms with van der Waals surface area (Å²) >= 11 is 0. The molecule has 2 atom stereocenters. The van der Waals surface area contributed by atoms with Crippen molar-refractivity contribution in [2.24, 2.45) is 11.7 Å². The van der Waals surface area contributed by atoms with Gasteiger partial charge in [-0.15, -0.1) is 0 Å². The van der Waals surface area contributed by atoms with E-state index >= 15 is 0 Å². The number of hydrogen-bond acceptors (Lipinski definition) is 3. The molecule has 1 saturated heterocycles. The molecule has 2 unspecified atom stereocenters. The number of amides is 2. The zero-order chi connectivity index (χ0) is 13.8. The van der Waals surface area contributed by atoms with Gasteiger partial charge in [0.15, 0.2) is 0 Å². The molecule has 0 aliphatic carbocycles. The number of aliphatic hydroxyl groups excluding tert-OH is 1. The fraction of sp³-hybridized carbons (Fsp3) is 0.500. The van der Waals surface area contributed by atoms with Gasteiger partial charge in [0.1, 0.15) is 0 Å². The number of hydrogen-bond donors (Lipinski definition) is 3. The van der Waals surface area contributed by atoms with Crippen LogP contribution in [0.2, 0.25) is 0 Å². The number of carbonyl (C=O) groups excluding carboxylic acids is 1. The van der Waals surface area contributed by atoms with Gasteiger partial charge >= 0.3 is 6.03 Å². The molecule has 5 heteroatoms. The Morgan fingerprint density at radius 3 is 3.05 bits per heavy atom. The molecule has 5 nitrogen and oxygen atoms in total. The third kappa shape index (κ3) is 3.45. The van der Waals surface area contributed by atoms with Crippen molar-refractivity contribution < 1.29 is 9.90 Å². The van der Waals surface area contributed by atoms with Gasteiger partial charge in [0, 0.05) is 31.2 Å². The topological polar surface area (TPSA) is 78.6 Å². The van der Waals surface area contributed by atoms with Crippen molar-refractivity contribution in [3.63, 3.8) is 0 Å². The van der Waals surface area contributed by atoms with Crippen molar-refractivity contribution in [3.05, 3.63) is 29.8 Å². The summed E-state index contributed by atoms with van der Waals surface area (Å²) in [6.45, 7) is 3.53. The third-order valence-corrected chi connectivity index (χ3v) is 3.61. The molecule has 0 saturated carbocycles. The lowest BCUT2D eigenvalue weighted by atomic mass is 10.0. The lowest BCUT2D eigenvalue weighted by Crippen LogP contribution is -2.34. The van der Waals surface area contributed by atoms with Gasteiger partial charge in [-0.2, -0.15) is 0 Å². The van der Waals surface area contributed by atoms with Gasteiger partial charge in [-0.05, 0) is 31.0 Å². The van der Waals surface area contributed by atoms with E-state index in [1.807, 2.05) is 24.3 Å². The first-order chi connectivity index (χ1) is 9.10. The van der Waals surface area contributed by atoms with Crippen LogP contribution in [0.1, 0.15) is 18.9 Å². The molecule has 2 amide bonds. The quantitative estimate of drug-likeness (QED) is 0.771. The number of aliphatic hydroxyl groups is 1. The summed E-state index contributed by atoms with van der Waals surface area (Å²) in [5.74, 6) is 0.182. The standard InChI is InChI=1S/C14H21N3O2/c1-10(18)12-5-6-17(9-12)14(19)16-13-4-2-3-11(7-13)8-15/h2-4,7,10,12,18H,5-6,8-9,15H2,1H3,(H,16,19). The van der Waals surface area contributed by atoms with Gasteiger partial charge in [-0.1, -0.05) is 12.1 Å². The van der Waals surface area contributed by atoms with E-state index in [9.17, 15) is 9.90 Å². The molecule has 1 aromatic carbocycles. The minimum Gasteiger partial charge on any atom is -0.393 e. The second-order valence-corrected chi connectivity index (χ2v) is 5.07. The van der Waals surface area contributed by atoms with Crippen LogP contribution < -0.4 is 11.1 Å². The number of benzene rings is 1. The lowest BCUT2D eigenvalue weighted by Gasteiger charge is -2.18. The molecule has 19 heavy (non-hydrogen) atoms. The number of nitrogens with two attached hydrogens (primary N) is 1. The van der Waals surface area contributed by atoms with E-state index in [0.29, 0.717) is 19.6 Å². The van der Waals surface area contributed by atoms with Crippen LogP contribution in [0.5, 0.6) is 0 Å². The highest BCUT2D eigenvalue weighted by atomic mass is 16.3. The van der Waals surface area contributed by atoms with Gasteiger partial charge in [-0.3, -0.25) is 0 Å². The van der Waals surface area contributed by atoms with Crippen LogP contribution in [0.3, 0.4) is 0 Å². The fourth-order valence-electron chi connectivity index (χ4n) is 2.34. The van der Waals surface area contributed by atoms with E-state index in [1.165, 1.54) is 0 Å². The lowest BCUT2D eigenvalue weighted by molar-refractivity contribution is 0.130. The highest BCUT2D eigenvalue weighted by Crippen LogP contribution is 2.20. The summed E-state index contributed by atoms with van der Waals surface area (Å²) in [5, 5.41) is 12.4. The Balaban J connectivity index is 1.94. The van der Waals surface area contributed by atoms with E-state index in [4.69, 9.17) is 5.73 Å². The Labute approximate surface area is 113 Å². The zero-order valence-corrected chi connectivity index (χ0v) is 11.2. The summed E-state index contributed by atoms with van der Waals surface area (Å²) in [6.07, 6.45) is 0.492. The molecule has 1 aliphatic heterocycles. The molecule has 0 bridgehead atoms. The molecule has 2 rings (SSSR count). The highest BCUT2D eigenvalue weighted by Gasteiger charge is 2.28. The largest absolute Gasteiger partial charge is 0.393 e. The molecule has 0 aromatic heterocycles. The minimum absolute atomic E-state index is 0.114. The SMILES string of the molecule is CC(O)C1CCN(C(=O)Nc2cccc(CN)c2)C1. The molecule has 1 heterocycles. The predicted octanol–water partition coefficient (Wildman–Crippen LogP) is 1.38. The van der Waals surface area contributed by atoms with Crippen LogP contribution >= 0.6 is 0 Å². The van der Waals surface area contributed by atoms with E-state index < -0.39 is 0 Å². The van der Waals surface area contributed by atoms with E-state index in [2.05, 4.69) is 5.32 Å². The van der Waals surface area contributed by atoms with E-state index in [-0.39, 0.29) is 18.1 Å². The minimum atomic E-state index is -0.363. The number of carbonyl (C=O) groups is 1. The maximum Gasteiger partial charge on any atom is 0.321 e. The maximum absolute atomic E-state index is 12.1. The first-order valence-electron chi connectivity index (χ1n) is 6.63. The molecule has 0 spiro atoms. The highest BCUT2D eigenvalue weighted by molar-refractivity contribution is 5.89. The normalized spacial score (nSPS) is 20.4. The second-order valence-electron chi connectivity index (χ2n) is 5.07. The Morgan fingerprint density at radius 2 is 2.42 bits per heavy atom. The van der Waals surface area contributed by atoms with Crippen LogP contribution in [0.15, 0.2) is 24.3 Å². The van der Waals surface area contributed by atoms with Crippen molar-refractivity contribution >= 4 is 11.7 Å². The number of nitrogens with one attached hydrogen (secondary N) is 1. The Kier molecular flexibility index (Phi) is 4.39. The summed E-state index contributed by atoms with van der Waals surface area (Å²) in [7, 11) is 0. The van der Waals surface area contributed by atoms with Gasteiger partial charge in [0.2, 0.25) is 0 Å². The van der Waals surface area contributed by atoms with Gasteiger partial charge in [-0.25, -0.2) is 4.79 Å². The number of rotatable bonds is 3. The molecule has 1 aromatic rings. The number of anilines is 1. The smallest absolute Gasteiger partial charge is 0.321 e. The van der Waals surface area contributed by atoms with Crippen LogP contribution in [0.4, 0.5) is 10.5 Å². The summed E-state index contributed by atoms with van der Waals surface area (Å²) in [4.78, 5) is 13.8. The molecule has 1 fully saturated rings. The first kappa shape index (κ1) is 13.8. The molecule has 1 aliphatic rings. The summed E-state index contributed by atoms with van der Waals surface area (Å²) < 4.78 is 0. The van der Waals surface area contributed by atoms with Crippen LogP contribution in [0.25, 0.3) is 0 Å². The molecule has 4 N–H and O–H groups in total. The average molecular weight is 263 g/mol. The fourth-order valence-corrected chi connectivity index (χ4v) is 2.34. The first-order valence-corrected chi connectivity index (χ1v) is 6.63. The molecular formula is C14H21N3O2. The Bertz CT molecular complexity index is 448. The summed E-state index contributed by atoms with van der Waals surface area (Å²) in [6, 6.07) is 7.41. The van der Waals surface area contributed by atoms with E-state index in [1.54, 1.807) is 11.8 Å². The predicted molar refractivity (Wildman–Crippen MR) is 74.7 cm³/mol. The van der Waals surface area contributed by atoms with Gasteiger partial charge < -0.3 is 21.1 Å². The van der Waals surface area contributed by atoms with Gasteiger partial charge in [0.25, 0.3) is 0 Å². The van der Waals surface area contributed by atoms with Crippen LogP contribution in [-0.4, -0.2) is 35.2 Å². The Morgan fingerprint density at radius 1 is 1.63 bits per heavy atom. The van der Waals surface area contributed by atoms with Gasteiger partial charge in [0.05, 0.1) is 6.10 Å². The van der Waals surface area contributed by atoms with Crippen molar-refractivity contribution in [3.8, 4) is 0 Å². The molecule has 0 radical (unpaired) electrons. The van der Waals surface area contributed by atoms with Crippen molar-refractivity contribution in [1.29, 1.82) is 0 Å². The number of nitrogens with zero attached hydrogens (tertiary/aromatic N) is 1. The average Bonchev–Trinajstić information content (AvgIpc) is 2.89. The number of likely N-dealkylation sites (tertiary alicyclic amines) is 1. The zero-order valence-electron chi connectivity index (χ0n) is 11.2. The van der Waals surface area contributed by atoms with Crippen LogP contribution in [0, 0.1) is 5.92 Å². The number of urea groups is 1. The molecular weight excluding hydrogens is 242 g/mol. The monoisotopic (exact) mass is 263 g/mol. The van der Waals surface area contributed by atoms with Crippen molar-refractivity contribution in [1.82, 2.24) is 4.90 Å². The Hall–Kier alpha value is -1.59. The van der Waals surface area contributed by atoms with Crippen molar-refractivity contribution in [2.45, 2.75) is 26.0 Å².